The van der Waals surface area contributed by atoms with E-state index in [-0.39, 0.29) is 5.60 Å². The van der Waals surface area contributed by atoms with Gasteiger partial charge < -0.3 is 10.5 Å². The average molecular weight is 240 g/mol. The van der Waals surface area contributed by atoms with Crippen LogP contribution >= 0.6 is 11.3 Å². The van der Waals surface area contributed by atoms with Crippen LogP contribution in [0.2, 0.25) is 0 Å². The first kappa shape index (κ1) is 11.9. The Balaban J connectivity index is 2.22. The number of hydrogen-bond acceptors (Lipinski definition) is 4. The van der Waals surface area contributed by atoms with E-state index in [1.807, 2.05) is 5.38 Å². The van der Waals surface area contributed by atoms with E-state index >= 15 is 0 Å². The van der Waals surface area contributed by atoms with Crippen molar-refractivity contribution in [3.63, 3.8) is 0 Å². The Hall–Kier alpha value is -0.610. The second kappa shape index (κ2) is 4.00. The molecule has 1 aromatic heterocycles. The number of rotatable bonds is 2. The number of hydrogen-bond donors (Lipinski definition) is 1. The molecule has 3 nitrogen and oxygen atoms in total. The number of aromatic nitrogens is 1. The first-order chi connectivity index (χ1) is 7.47. The van der Waals surface area contributed by atoms with Crippen LogP contribution < -0.4 is 5.73 Å². The van der Waals surface area contributed by atoms with Gasteiger partial charge in [-0.3, -0.25) is 0 Å². The zero-order valence-corrected chi connectivity index (χ0v) is 11.1. The number of ether oxygens (including phenoxy) is 1. The van der Waals surface area contributed by atoms with Gasteiger partial charge >= 0.3 is 0 Å². The summed E-state index contributed by atoms with van der Waals surface area (Å²) in [6.45, 7) is 4.64. The maximum Gasteiger partial charge on any atom is 0.134 e. The molecule has 0 unspecified atom stereocenters. The molecule has 4 heteroatoms. The van der Waals surface area contributed by atoms with Gasteiger partial charge in [-0.2, -0.15) is 0 Å². The second-order valence-corrected chi connectivity index (χ2v) is 6.30. The zero-order chi connectivity index (χ0) is 11.8. The molecule has 1 fully saturated rings. The van der Waals surface area contributed by atoms with Crippen molar-refractivity contribution in [2.24, 2.45) is 5.41 Å². The number of nitrogens with zero attached hydrogens (tertiary/aromatic N) is 1. The monoisotopic (exact) mass is 240 g/mol. The van der Waals surface area contributed by atoms with E-state index in [2.05, 4.69) is 18.8 Å². The number of thiazole rings is 1. The summed E-state index contributed by atoms with van der Waals surface area (Å²) in [7, 11) is 1.79. The van der Waals surface area contributed by atoms with Crippen molar-refractivity contribution in [2.45, 2.75) is 45.1 Å². The van der Waals surface area contributed by atoms with E-state index in [0.29, 0.717) is 11.2 Å². The van der Waals surface area contributed by atoms with Crippen LogP contribution in [0.1, 0.15) is 44.5 Å². The van der Waals surface area contributed by atoms with Gasteiger partial charge in [-0.25, -0.2) is 4.98 Å². The fraction of sp³-hybridized carbons (Fsp3) is 0.750. The molecule has 1 saturated carbocycles. The molecule has 90 valence electrons. The third-order valence-corrected chi connectivity index (χ3v) is 4.76. The Morgan fingerprint density at radius 3 is 2.38 bits per heavy atom. The molecule has 0 bridgehead atoms. The second-order valence-electron chi connectivity index (χ2n) is 5.44. The molecular weight excluding hydrogens is 220 g/mol. The van der Waals surface area contributed by atoms with Crippen LogP contribution in [0.5, 0.6) is 0 Å². The van der Waals surface area contributed by atoms with Crippen molar-refractivity contribution in [2.75, 3.05) is 12.8 Å². The molecule has 0 spiro atoms. The summed E-state index contributed by atoms with van der Waals surface area (Å²) in [6.07, 6.45) is 4.45. The van der Waals surface area contributed by atoms with Crippen LogP contribution in [0.4, 0.5) is 5.82 Å². The molecule has 0 aromatic carbocycles. The van der Waals surface area contributed by atoms with Crippen LogP contribution in [0.3, 0.4) is 0 Å². The van der Waals surface area contributed by atoms with Crippen molar-refractivity contribution in [3.05, 3.63) is 10.4 Å². The molecule has 0 amide bonds. The Bertz CT molecular complexity index is 363. The Labute approximate surface area is 101 Å². The highest BCUT2D eigenvalue weighted by Crippen LogP contribution is 2.47. The number of nitrogen functional groups attached to an aromatic ring is 1. The summed E-state index contributed by atoms with van der Waals surface area (Å²) >= 11 is 1.62. The van der Waals surface area contributed by atoms with Gasteiger partial charge in [0.2, 0.25) is 0 Å². The van der Waals surface area contributed by atoms with E-state index in [4.69, 9.17) is 10.5 Å². The fourth-order valence-electron chi connectivity index (χ4n) is 2.33. The molecule has 0 aliphatic heterocycles. The zero-order valence-electron chi connectivity index (χ0n) is 10.2. The van der Waals surface area contributed by atoms with Crippen molar-refractivity contribution >= 4 is 17.2 Å². The van der Waals surface area contributed by atoms with Gasteiger partial charge in [0.05, 0.1) is 0 Å². The summed E-state index contributed by atoms with van der Waals surface area (Å²) in [4.78, 5) is 4.40. The predicted molar refractivity (Wildman–Crippen MR) is 67.5 cm³/mol. The lowest BCUT2D eigenvalue weighted by molar-refractivity contribution is -0.0666. The standard InChI is InChI=1S/C12H20N2OS/c1-11(2)4-6-12(15-3,7-5-11)10-14-9(13)8-16-10/h8H,4-7,13H2,1-3H3. The minimum absolute atomic E-state index is 0.183. The topological polar surface area (TPSA) is 48.1 Å². The fourth-order valence-corrected chi connectivity index (χ4v) is 3.28. The SMILES string of the molecule is COC1(c2nc(N)cs2)CCC(C)(C)CC1. The quantitative estimate of drug-likeness (QED) is 0.863. The highest BCUT2D eigenvalue weighted by atomic mass is 32.1. The maximum atomic E-state index is 5.76. The Morgan fingerprint density at radius 2 is 1.94 bits per heavy atom. The van der Waals surface area contributed by atoms with Crippen molar-refractivity contribution in [1.29, 1.82) is 0 Å². The van der Waals surface area contributed by atoms with E-state index in [1.165, 1.54) is 12.8 Å². The summed E-state index contributed by atoms with van der Waals surface area (Å²) in [5, 5.41) is 2.94. The average Bonchev–Trinajstić information content (AvgIpc) is 2.66. The molecule has 1 aliphatic rings. The highest BCUT2D eigenvalue weighted by Gasteiger charge is 2.41. The number of nitrogens with two attached hydrogens (primary N) is 1. The number of methoxy groups -OCH3 is 1. The molecule has 0 radical (unpaired) electrons. The van der Waals surface area contributed by atoms with Crippen molar-refractivity contribution in [1.82, 2.24) is 4.98 Å². The van der Waals surface area contributed by atoms with Gasteiger partial charge in [0.25, 0.3) is 0 Å². The minimum atomic E-state index is -0.183. The molecule has 0 saturated heterocycles. The highest BCUT2D eigenvalue weighted by molar-refractivity contribution is 7.10. The first-order valence-corrected chi connectivity index (χ1v) is 6.62. The lowest BCUT2D eigenvalue weighted by Crippen LogP contribution is -2.36. The minimum Gasteiger partial charge on any atom is -0.383 e. The van der Waals surface area contributed by atoms with Crippen LogP contribution in [-0.2, 0) is 10.3 Å². The van der Waals surface area contributed by atoms with Crippen molar-refractivity contribution < 1.29 is 4.74 Å². The molecule has 2 N–H and O–H groups in total. The maximum absolute atomic E-state index is 5.76. The molecule has 1 heterocycles. The molecular formula is C12H20N2OS. The molecule has 2 rings (SSSR count). The summed E-state index contributed by atoms with van der Waals surface area (Å²) in [5.74, 6) is 0.612. The van der Waals surface area contributed by atoms with Crippen molar-refractivity contribution in [3.8, 4) is 0 Å². The van der Waals surface area contributed by atoms with E-state index in [9.17, 15) is 0 Å². The Kier molecular flexibility index (Phi) is 2.97. The third kappa shape index (κ3) is 2.09. The van der Waals surface area contributed by atoms with Crippen LogP contribution in [0.15, 0.2) is 5.38 Å². The van der Waals surface area contributed by atoms with Gasteiger partial charge in [0.1, 0.15) is 16.4 Å². The van der Waals surface area contributed by atoms with Gasteiger partial charge in [0, 0.05) is 12.5 Å². The Morgan fingerprint density at radius 1 is 1.31 bits per heavy atom. The van der Waals surface area contributed by atoms with Crippen LogP contribution in [0, 0.1) is 5.41 Å². The van der Waals surface area contributed by atoms with Gasteiger partial charge in [-0.05, 0) is 31.1 Å². The van der Waals surface area contributed by atoms with E-state index < -0.39 is 0 Å². The summed E-state index contributed by atoms with van der Waals surface area (Å²) < 4.78 is 5.76. The number of anilines is 1. The largest absolute Gasteiger partial charge is 0.383 e. The van der Waals surface area contributed by atoms with Crippen LogP contribution in [0.25, 0.3) is 0 Å². The van der Waals surface area contributed by atoms with Gasteiger partial charge in [-0.1, -0.05) is 13.8 Å². The summed E-state index contributed by atoms with van der Waals surface area (Å²) in [5.41, 5.74) is 5.95. The molecule has 16 heavy (non-hydrogen) atoms. The lowest BCUT2D eigenvalue weighted by Gasteiger charge is -2.41. The summed E-state index contributed by atoms with van der Waals surface area (Å²) in [6, 6.07) is 0. The van der Waals surface area contributed by atoms with Gasteiger partial charge in [-0.15, -0.1) is 11.3 Å². The van der Waals surface area contributed by atoms with E-state index in [0.717, 1.165) is 17.8 Å². The smallest absolute Gasteiger partial charge is 0.134 e. The van der Waals surface area contributed by atoms with E-state index in [1.54, 1.807) is 18.4 Å². The predicted octanol–water partition coefficient (Wildman–Crippen LogP) is 3.17. The van der Waals surface area contributed by atoms with Gasteiger partial charge in [0.15, 0.2) is 0 Å². The lowest BCUT2D eigenvalue weighted by atomic mass is 9.71. The molecule has 0 atom stereocenters. The molecule has 1 aliphatic carbocycles. The molecule has 1 aromatic rings. The van der Waals surface area contributed by atoms with Crippen LogP contribution in [-0.4, -0.2) is 12.1 Å². The normalized spacial score (nSPS) is 23.2. The third-order valence-electron chi connectivity index (χ3n) is 3.71. The first-order valence-electron chi connectivity index (χ1n) is 5.74.